The van der Waals surface area contributed by atoms with E-state index in [2.05, 4.69) is 20.6 Å². The number of hydrogen-bond donors (Lipinski definition) is 1. The van der Waals surface area contributed by atoms with Crippen LogP contribution in [0.3, 0.4) is 0 Å². The number of hydrogen-bond acceptors (Lipinski definition) is 5. The lowest BCUT2D eigenvalue weighted by molar-refractivity contribution is 0.0938. The van der Waals surface area contributed by atoms with Gasteiger partial charge in [-0.25, -0.2) is 4.52 Å². The fraction of sp³-hybridized carbons (Fsp3) is 0.429. The van der Waals surface area contributed by atoms with Crippen LogP contribution in [0.25, 0.3) is 5.65 Å². The van der Waals surface area contributed by atoms with Crippen molar-refractivity contribution in [1.29, 1.82) is 0 Å². The standard InChI is InChI=1S/C14H19N7O2/c1-10(12-18-15-9-20(12)6-7-23-3)17-13(22)11-8-16-21-5-4-19(2)14(11)21/h4-5,8-10H,6-7H2,1-3H3,(H,17,22). The zero-order valence-electron chi connectivity index (χ0n) is 13.3. The van der Waals surface area contributed by atoms with Gasteiger partial charge in [0.2, 0.25) is 0 Å². The van der Waals surface area contributed by atoms with Crippen LogP contribution >= 0.6 is 0 Å². The second-order valence-corrected chi connectivity index (χ2v) is 5.31. The summed E-state index contributed by atoms with van der Waals surface area (Å²) in [5.74, 6) is 0.487. The van der Waals surface area contributed by atoms with E-state index in [1.807, 2.05) is 29.3 Å². The molecule has 1 unspecified atom stereocenters. The predicted octanol–water partition coefficient (Wildman–Crippen LogP) is 0.402. The molecule has 0 saturated heterocycles. The second-order valence-electron chi connectivity index (χ2n) is 5.31. The summed E-state index contributed by atoms with van der Waals surface area (Å²) < 4.78 is 10.5. The molecule has 1 N–H and O–H groups in total. The van der Waals surface area contributed by atoms with Gasteiger partial charge in [-0.1, -0.05) is 0 Å². The van der Waals surface area contributed by atoms with E-state index in [1.165, 1.54) is 0 Å². The molecule has 0 fully saturated rings. The van der Waals surface area contributed by atoms with E-state index < -0.39 is 0 Å². The number of nitrogens with zero attached hydrogens (tertiary/aromatic N) is 6. The Balaban J connectivity index is 1.77. The van der Waals surface area contributed by atoms with E-state index in [9.17, 15) is 4.79 Å². The first-order valence-electron chi connectivity index (χ1n) is 7.28. The Morgan fingerprint density at radius 1 is 1.43 bits per heavy atom. The van der Waals surface area contributed by atoms with Crippen molar-refractivity contribution in [3.63, 3.8) is 0 Å². The van der Waals surface area contributed by atoms with Crippen LogP contribution in [0.4, 0.5) is 0 Å². The van der Waals surface area contributed by atoms with Crippen LogP contribution in [0.2, 0.25) is 0 Å². The highest BCUT2D eigenvalue weighted by atomic mass is 16.5. The van der Waals surface area contributed by atoms with Gasteiger partial charge in [0, 0.05) is 33.1 Å². The molecule has 0 radical (unpaired) electrons. The summed E-state index contributed by atoms with van der Waals surface area (Å²) in [5.41, 5.74) is 1.27. The molecular formula is C14H19N7O2. The highest BCUT2D eigenvalue weighted by Crippen LogP contribution is 2.14. The van der Waals surface area contributed by atoms with Gasteiger partial charge in [0.1, 0.15) is 17.5 Å². The normalized spacial score (nSPS) is 12.7. The molecule has 3 heterocycles. The third-order valence-corrected chi connectivity index (χ3v) is 3.70. The monoisotopic (exact) mass is 317 g/mol. The van der Waals surface area contributed by atoms with Crippen molar-refractivity contribution >= 4 is 11.6 Å². The molecule has 9 heteroatoms. The lowest BCUT2D eigenvalue weighted by atomic mass is 10.2. The van der Waals surface area contributed by atoms with Crippen LogP contribution in [0.1, 0.15) is 29.1 Å². The summed E-state index contributed by atoms with van der Waals surface area (Å²) in [4.78, 5) is 12.5. The Morgan fingerprint density at radius 3 is 3.04 bits per heavy atom. The maximum atomic E-state index is 12.5. The molecule has 3 rings (SSSR count). The van der Waals surface area contributed by atoms with Crippen molar-refractivity contribution in [2.45, 2.75) is 19.5 Å². The molecule has 1 atom stereocenters. The number of methoxy groups -OCH3 is 1. The molecule has 0 aliphatic rings. The minimum Gasteiger partial charge on any atom is -0.383 e. The zero-order chi connectivity index (χ0) is 16.4. The molecule has 122 valence electrons. The third-order valence-electron chi connectivity index (χ3n) is 3.70. The molecule has 0 aliphatic carbocycles. The summed E-state index contributed by atoms with van der Waals surface area (Å²) in [5, 5.41) is 15.1. The zero-order valence-corrected chi connectivity index (χ0v) is 13.3. The molecule has 0 saturated carbocycles. The van der Waals surface area contributed by atoms with Crippen LogP contribution in [0.15, 0.2) is 24.9 Å². The molecule has 0 spiro atoms. The van der Waals surface area contributed by atoms with Gasteiger partial charge in [-0.2, -0.15) is 5.10 Å². The fourth-order valence-electron chi connectivity index (χ4n) is 2.51. The largest absolute Gasteiger partial charge is 0.383 e. The maximum Gasteiger partial charge on any atom is 0.257 e. The van der Waals surface area contributed by atoms with Crippen molar-refractivity contribution < 1.29 is 9.53 Å². The van der Waals surface area contributed by atoms with E-state index in [-0.39, 0.29) is 11.9 Å². The van der Waals surface area contributed by atoms with E-state index in [1.54, 1.807) is 30.3 Å². The van der Waals surface area contributed by atoms with Crippen molar-refractivity contribution in [3.05, 3.63) is 36.3 Å². The number of fused-ring (bicyclic) bond motifs is 1. The molecule has 0 aliphatic heterocycles. The van der Waals surface area contributed by atoms with Gasteiger partial charge >= 0.3 is 0 Å². The summed E-state index contributed by atoms with van der Waals surface area (Å²) in [6, 6.07) is -0.280. The van der Waals surface area contributed by atoms with Crippen molar-refractivity contribution in [3.8, 4) is 0 Å². The maximum absolute atomic E-state index is 12.5. The Morgan fingerprint density at radius 2 is 2.26 bits per heavy atom. The summed E-state index contributed by atoms with van der Waals surface area (Å²) in [6.45, 7) is 3.06. The summed E-state index contributed by atoms with van der Waals surface area (Å²) >= 11 is 0. The highest BCUT2D eigenvalue weighted by molar-refractivity contribution is 5.99. The van der Waals surface area contributed by atoms with Crippen LogP contribution in [-0.4, -0.2) is 48.6 Å². The van der Waals surface area contributed by atoms with Gasteiger partial charge < -0.3 is 19.2 Å². The van der Waals surface area contributed by atoms with Gasteiger partial charge in [0.05, 0.1) is 18.8 Å². The number of carbonyl (C=O) groups excluding carboxylic acids is 1. The van der Waals surface area contributed by atoms with Crippen molar-refractivity contribution in [2.75, 3.05) is 13.7 Å². The highest BCUT2D eigenvalue weighted by Gasteiger charge is 2.20. The molecule has 0 bridgehead atoms. The first kappa shape index (κ1) is 15.2. The Labute approximate surface area is 132 Å². The average Bonchev–Trinajstić information content (AvgIpc) is 3.22. The number of aromatic nitrogens is 6. The molecule has 9 nitrogen and oxygen atoms in total. The van der Waals surface area contributed by atoms with Gasteiger partial charge in [-0.05, 0) is 6.92 Å². The van der Waals surface area contributed by atoms with Gasteiger partial charge in [0.15, 0.2) is 5.82 Å². The first-order chi connectivity index (χ1) is 11.1. The fourth-order valence-corrected chi connectivity index (χ4v) is 2.51. The van der Waals surface area contributed by atoms with Crippen LogP contribution in [0.5, 0.6) is 0 Å². The van der Waals surface area contributed by atoms with Crippen LogP contribution in [0, 0.1) is 0 Å². The first-order valence-corrected chi connectivity index (χ1v) is 7.28. The smallest absolute Gasteiger partial charge is 0.257 e. The summed E-state index contributed by atoms with van der Waals surface area (Å²) in [6.07, 6.45) is 6.85. The molecule has 23 heavy (non-hydrogen) atoms. The Hall–Kier alpha value is -2.68. The number of aryl methyl sites for hydroxylation is 1. The number of rotatable bonds is 6. The Bertz CT molecular complexity index is 816. The topological polar surface area (TPSA) is 91.3 Å². The lowest BCUT2D eigenvalue weighted by Gasteiger charge is -2.14. The molecule has 3 aromatic heterocycles. The van der Waals surface area contributed by atoms with Gasteiger partial charge in [-0.3, -0.25) is 4.79 Å². The number of ether oxygens (including phenoxy) is 1. The average molecular weight is 317 g/mol. The molecular weight excluding hydrogens is 298 g/mol. The lowest BCUT2D eigenvalue weighted by Crippen LogP contribution is -2.29. The van der Waals surface area contributed by atoms with E-state index in [4.69, 9.17) is 4.74 Å². The van der Waals surface area contributed by atoms with Crippen LogP contribution < -0.4 is 5.32 Å². The minimum absolute atomic E-state index is 0.199. The van der Waals surface area contributed by atoms with Crippen LogP contribution in [-0.2, 0) is 18.3 Å². The van der Waals surface area contributed by atoms with Gasteiger partial charge in [0.25, 0.3) is 5.91 Å². The van der Waals surface area contributed by atoms with Crippen molar-refractivity contribution in [1.82, 2.24) is 34.3 Å². The third kappa shape index (κ3) is 2.82. The minimum atomic E-state index is -0.280. The number of nitrogens with one attached hydrogen (secondary N) is 1. The van der Waals surface area contributed by atoms with Crippen molar-refractivity contribution in [2.24, 2.45) is 7.05 Å². The number of amides is 1. The van der Waals surface area contributed by atoms with E-state index >= 15 is 0 Å². The van der Waals surface area contributed by atoms with E-state index in [0.29, 0.717) is 24.5 Å². The van der Waals surface area contributed by atoms with Gasteiger partial charge in [-0.15, -0.1) is 10.2 Å². The predicted molar refractivity (Wildman–Crippen MR) is 81.9 cm³/mol. The number of imidazole rings is 1. The Kier molecular flexibility index (Phi) is 4.11. The number of carbonyl (C=O) groups is 1. The SMILES string of the molecule is COCCn1cnnc1C(C)NC(=O)c1cnn2ccn(C)c12. The second kappa shape index (κ2) is 6.21. The van der Waals surface area contributed by atoms with E-state index in [0.717, 1.165) is 5.65 Å². The molecule has 3 aromatic rings. The molecule has 0 aromatic carbocycles. The molecule has 1 amide bonds. The quantitative estimate of drug-likeness (QED) is 0.710. The summed E-state index contributed by atoms with van der Waals surface area (Å²) in [7, 11) is 3.51.